The topological polar surface area (TPSA) is 50.9 Å². The number of aliphatic hydroxyl groups is 1. The summed E-state index contributed by atoms with van der Waals surface area (Å²) in [6.45, 7) is 4.04. The van der Waals surface area contributed by atoms with Gasteiger partial charge in [-0.1, -0.05) is 0 Å². The molecule has 0 amide bonds. The van der Waals surface area contributed by atoms with Crippen LogP contribution in [0, 0.1) is 0 Å². The first-order chi connectivity index (χ1) is 7.96. The quantitative estimate of drug-likeness (QED) is 0.946. The molecule has 0 saturated heterocycles. The lowest BCUT2D eigenvalue weighted by Crippen LogP contribution is -2.26. The van der Waals surface area contributed by atoms with Crippen LogP contribution in [0.3, 0.4) is 0 Å². The summed E-state index contributed by atoms with van der Waals surface area (Å²) >= 11 is 3.38. The fourth-order valence-corrected chi connectivity index (χ4v) is 2.01. The summed E-state index contributed by atoms with van der Waals surface area (Å²) in [5.41, 5.74) is 0.156. The van der Waals surface area contributed by atoms with Crippen molar-refractivity contribution >= 4 is 15.9 Å². The van der Waals surface area contributed by atoms with Crippen molar-refractivity contribution in [3.63, 3.8) is 0 Å². The van der Waals surface area contributed by atoms with Gasteiger partial charge in [0.2, 0.25) is 0 Å². The number of rotatable bonds is 3. The highest BCUT2D eigenvalue weighted by Crippen LogP contribution is 2.21. The molecule has 2 heterocycles. The molecule has 0 aliphatic rings. The Bertz CT molecular complexity index is 516. The first-order valence-electron chi connectivity index (χ1n) is 5.30. The number of imidazole rings is 1. The molecule has 0 saturated carbocycles. The Morgan fingerprint density at radius 1 is 1.41 bits per heavy atom. The van der Waals surface area contributed by atoms with Crippen LogP contribution in [-0.4, -0.2) is 25.2 Å². The van der Waals surface area contributed by atoms with E-state index in [1.54, 1.807) is 32.4 Å². The van der Waals surface area contributed by atoms with E-state index in [9.17, 15) is 5.11 Å². The van der Waals surface area contributed by atoms with E-state index in [1.807, 2.05) is 16.8 Å². The third-order valence-electron chi connectivity index (χ3n) is 2.24. The first-order valence-corrected chi connectivity index (χ1v) is 6.09. The van der Waals surface area contributed by atoms with Crippen LogP contribution in [-0.2, 0) is 6.54 Å². The SMILES string of the molecule is CC(C)(O)Cn1ccnc1-c1cncc(Br)c1. The average molecular weight is 296 g/mol. The van der Waals surface area contributed by atoms with Gasteiger partial charge in [0, 0.05) is 34.8 Å². The minimum atomic E-state index is -0.769. The third-order valence-corrected chi connectivity index (χ3v) is 2.67. The lowest BCUT2D eigenvalue weighted by molar-refractivity contribution is 0.0620. The summed E-state index contributed by atoms with van der Waals surface area (Å²) in [4.78, 5) is 8.42. The average Bonchev–Trinajstić information content (AvgIpc) is 2.63. The zero-order valence-electron chi connectivity index (χ0n) is 9.76. The van der Waals surface area contributed by atoms with Crippen molar-refractivity contribution < 1.29 is 5.11 Å². The molecule has 1 N–H and O–H groups in total. The molecule has 0 aromatic carbocycles. The second kappa shape index (κ2) is 4.58. The zero-order chi connectivity index (χ0) is 12.5. The molecule has 2 aromatic rings. The molecule has 0 aliphatic heterocycles. The van der Waals surface area contributed by atoms with Crippen molar-refractivity contribution in [2.24, 2.45) is 0 Å². The van der Waals surface area contributed by atoms with Crippen LogP contribution >= 0.6 is 15.9 Å². The van der Waals surface area contributed by atoms with E-state index in [0.29, 0.717) is 6.54 Å². The Kier molecular flexibility index (Phi) is 3.31. The fourth-order valence-electron chi connectivity index (χ4n) is 1.65. The van der Waals surface area contributed by atoms with Crippen LogP contribution in [0.2, 0.25) is 0 Å². The molecule has 0 radical (unpaired) electrons. The van der Waals surface area contributed by atoms with Crippen molar-refractivity contribution in [1.29, 1.82) is 0 Å². The Morgan fingerprint density at radius 3 is 2.82 bits per heavy atom. The molecule has 0 bridgehead atoms. The van der Waals surface area contributed by atoms with Gasteiger partial charge < -0.3 is 9.67 Å². The Hall–Kier alpha value is -1.20. The molecule has 0 spiro atoms. The maximum atomic E-state index is 9.84. The molecule has 90 valence electrons. The molecule has 0 unspecified atom stereocenters. The van der Waals surface area contributed by atoms with Crippen LogP contribution in [0.25, 0.3) is 11.4 Å². The van der Waals surface area contributed by atoms with Crippen LogP contribution < -0.4 is 0 Å². The van der Waals surface area contributed by atoms with Crippen molar-refractivity contribution in [1.82, 2.24) is 14.5 Å². The highest BCUT2D eigenvalue weighted by Gasteiger charge is 2.16. The highest BCUT2D eigenvalue weighted by atomic mass is 79.9. The number of aromatic nitrogens is 3. The van der Waals surface area contributed by atoms with Gasteiger partial charge in [-0.05, 0) is 35.8 Å². The lowest BCUT2D eigenvalue weighted by atomic mass is 10.1. The molecule has 0 fully saturated rings. The largest absolute Gasteiger partial charge is 0.389 e. The Morgan fingerprint density at radius 2 is 2.18 bits per heavy atom. The Balaban J connectivity index is 2.37. The number of hydrogen-bond donors (Lipinski definition) is 1. The summed E-state index contributed by atoms with van der Waals surface area (Å²) in [5.74, 6) is 0.806. The minimum absolute atomic E-state index is 0.495. The maximum absolute atomic E-state index is 9.84. The van der Waals surface area contributed by atoms with Crippen molar-refractivity contribution in [2.45, 2.75) is 26.0 Å². The van der Waals surface area contributed by atoms with Crippen LogP contribution in [0.5, 0.6) is 0 Å². The van der Waals surface area contributed by atoms with Gasteiger partial charge >= 0.3 is 0 Å². The predicted octanol–water partition coefficient (Wildman–Crippen LogP) is 2.48. The van der Waals surface area contributed by atoms with Gasteiger partial charge in [0.05, 0.1) is 12.1 Å². The van der Waals surface area contributed by atoms with E-state index in [1.165, 1.54) is 0 Å². The minimum Gasteiger partial charge on any atom is -0.389 e. The van der Waals surface area contributed by atoms with E-state index in [4.69, 9.17) is 0 Å². The molecule has 0 atom stereocenters. The van der Waals surface area contributed by atoms with E-state index in [-0.39, 0.29) is 0 Å². The maximum Gasteiger partial charge on any atom is 0.141 e. The fraction of sp³-hybridized carbons (Fsp3) is 0.333. The van der Waals surface area contributed by atoms with Crippen LogP contribution in [0.4, 0.5) is 0 Å². The van der Waals surface area contributed by atoms with Gasteiger partial charge in [0.25, 0.3) is 0 Å². The second-order valence-electron chi connectivity index (χ2n) is 4.58. The molecule has 17 heavy (non-hydrogen) atoms. The van der Waals surface area contributed by atoms with Crippen molar-refractivity contribution in [2.75, 3.05) is 0 Å². The summed E-state index contributed by atoms with van der Waals surface area (Å²) in [5, 5.41) is 9.84. The highest BCUT2D eigenvalue weighted by molar-refractivity contribution is 9.10. The van der Waals surface area contributed by atoms with Gasteiger partial charge in [-0.25, -0.2) is 4.98 Å². The molecular formula is C12H14BrN3O. The van der Waals surface area contributed by atoms with Gasteiger partial charge in [-0.3, -0.25) is 4.98 Å². The normalized spacial score (nSPS) is 11.8. The van der Waals surface area contributed by atoms with E-state index < -0.39 is 5.60 Å². The molecule has 5 heteroatoms. The summed E-state index contributed by atoms with van der Waals surface area (Å²) in [7, 11) is 0. The standard InChI is InChI=1S/C12H14BrN3O/c1-12(2,17)8-16-4-3-15-11(16)9-5-10(13)7-14-6-9/h3-7,17H,8H2,1-2H3. The van der Waals surface area contributed by atoms with Crippen molar-refractivity contribution in [3.05, 3.63) is 35.3 Å². The lowest BCUT2D eigenvalue weighted by Gasteiger charge is -2.19. The number of halogens is 1. The zero-order valence-corrected chi connectivity index (χ0v) is 11.3. The number of hydrogen-bond acceptors (Lipinski definition) is 3. The Labute approximate surface area is 108 Å². The van der Waals surface area contributed by atoms with E-state index >= 15 is 0 Å². The summed E-state index contributed by atoms with van der Waals surface area (Å²) < 4.78 is 2.83. The molecule has 2 rings (SSSR count). The number of pyridine rings is 1. The van der Waals surface area contributed by atoms with Gasteiger partial charge in [0.1, 0.15) is 5.82 Å². The molecule has 2 aromatic heterocycles. The number of nitrogens with zero attached hydrogens (tertiary/aromatic N) is 3. The first kappa shape index (κ1) is 12.3. The monoisotopic (exact) mass is 295 g/mol. The van der Waals surface area contributed by atoms with Gasteiger partial charge in [-0.15, -0.1) is 0 Å². The van der Waals surface area contributed by atoms with Crippen LogP contribution in [0.15, 0.2) is 35.3 Å². The second-order valence-corrected chi connectivity index (χ2v) is 5.50. The van der Waals surface area contributed by atoms with Gasteiger partial charge in [0.15, 0.2) is 0 Å². The third kappa shape index (κ3) is 3.14. The molecule has 4 nitrogen and oxygen atoms in total. The van der Waals surface area contributed by atoms with E-state index in [2.05, 4.69) is 25.9 Å². The van der Waals surface area contributed by atoms with Crippen LogP contribution in [0.1, 0.15) is 13.8 Å². The van der Waals surface area contributed by atoms with Gasteiger partial charge in [-0.2, -0.15) is 0 Å². The van der Waals surface area contributed by atoms with E-state index in [0.717, 1.165) is 15.9 Å². The smallest absolute Gasteiger partial charge is 0.141 e. The molecular weight excluding hydrogens is 282 g/mol. The van der Waals surface area contributed by atoms with Crippen molar-refractivity contribution in [3.8, 4) is 11.4 Å². The molecule has 0 aliphatic carbocycles. The predicted molar refractivity (Wildman–Crippen MR) is 69.5 cm³/mol. The summed E-state index contributed by atoms with van der Waals surface area (Å²) in [6, 6.07) is 1.95. The summed E-state index contributed by atoms with van der Waals surface area (Å²) in [6.07, 6.45) is 7.07.